The molecule has 5 nitrogen and oxygen atoms in total. The minimum Gasteiger partial charge on any atom is -0.507 e. The number of benzene rings is 3. The highest BCUT2D eigenvalue weighted by atomic mass is 19.1. The predicted octanol–water partition coefficient (Wildman–Crippen LogP) is 5.08. The number of Topliss-reactive ketones (excluding diaryl/α,β-unsaturated/α-hetero) is 1. The SMILES string of the molecule is COc1ccc(C2/C(=C(\O)c3cc(C)ccc3C)C(=O)C(=O)N2c2ccc(F)cc2)cc1. The van der Waals surface area contributed by atoms with Crippen molar-refractivity contribution in [2.75, 3.05) is 12.0 Å². The standard InChI is InChI=1S/C26H22FNO4/c1-15-4-5-16(2)21(14-15)24(29)22-23(17-6-12-20(32-3)13-7-17)28(26(31)25(22)30)19-10-8-18(27)9-11-19/h4-14,23,29H,1-3H3/b24-22+. The minimum absolute atomic E-state index is 0.0156. The van der Waals surface area contributed by atoms with Gasteiger partial charge in [0.25, 0.3) is 11.7 Å². The van der Waals surface area contributed by atoms with E-state index in [1.54, 1.807) is 37.4 Å². The summed E-state index contributed by atoms with van der Waals surface area (Å²) in [6.07, 6.45) is 0. The summed E-state index contributed by atoms with van der Waals surface area (Å²) in [5, 5.41) is 11.3. The van der Waals surface area contributed by atoms with Gasteiger partial charge in [0.15, 0.2) is 0 Å². The maximum Gasteiger partial charge on any atom is 0.300 e. The van der Waals surface area contributed by atoms with Crippen molar-refractivity contribution >= 4 is 23.1 Å². The third-order valence-corrected chi connectivity index (χ3v) is 5.63. The van der Waals surface area contributed by atoms with Crippen LogP contribution >= 0.6 is 0 Å². The molecule has 1 saturated heterocycles. The molecule has 6 heteroatoms. The lowest BCUT2D eigenvalue weighted by atomic mass is 9.93. The number of nitrogens with zero attached hydrogens (tertiary/aromatic N) is 1. The number of aryl methyl sites for hydroxylation is 2. The molecule has 1 N–H and O–H groups in total. The maximum absolute atomic E-state index is 13.5. The van der Waals surface area contributed by atoms with Gasteiger partial charge < -0.3 is 9.84 Å². The van der Waals surface area contributed by atoms with Gasteiger partial charge in [-0.3, -0.25) is 14.5 Å². The lowest BCUT2D eigenvalue weighted by molar-refractivity contribution is -0.132. The summed E-state index contributed by atoms with van der Waals surface area (Å²) in [6.45, 7) is 3.71. The van der Waals surface area contributed by atoms with Crippen LogP contribution in [0.25, 0.3) is 5.76 Å². The summed E-state index contributed by atoms with van der Waals surface area (Å²) in [4.78, 5) is 27.6. The molecular formula is C26H22FNO4. The van der Waals surface area contributed by atoms with E-state index in [2.05, 4.69) is 0 Å². The molecule has 0 radical (unpaired) electrons. The van der Waals surface area contributed by atoms with E-state index in [-0.39, 0.29) is 11.3 Å². The van der Waals surface area contributed by atoms with Gasteiger partial charge in [0.2, 0.25) is 0 Å². The number of hydrogen-bond donors (Lipinski definition) is 1. The van der Waals surface area contributed by atoms with Crippen molar-refractivity contribution in [3.8, 4) is 5.75 Å². The highest BCUT2D eigenvalue weighted by molar-refractivity contribution is 6.51. The van der Waals surface area contributed by atoms with Crippen LogP contribution in [0, 0.1) is 19.7 Å². The summed E-state index contributed by atoms with van der Waals surface area (Å²) < 4.78 is 18.7. The Hall–Kier alpha value is -3.93. The number of aliphatic hydroxyl groups is 1. The van der Waals surface area contributed by atoms with E-state index in [9.17, 15) is 19.1 Å². The number of anilines is 1. The number of ketones is 1. The number of halogens is 1. The van der Waals surface area contributed by atoms with Crippen LogP contribution in [0.4, 0.5) is 10.1 Å². The van der Waals surface area contributed by atoms with E-state index in [0.29, 0.717) is 22.6 Å². The summed E-state index contributed by atoms with van der Waals surface area (Å²) in [7, 11) is 1.54. The molecule has 1 fully saturated rings. The molecule has 1 heterocycles. The van der Waals surface area contributed by atoms with Gasteiger partial charge in [0.05, 0.1) is 18.7 Å². The molecule has 1 aliphatic rings. The third-order valence-electron chi connectivity index (χ3n) is 5.63. The van der Waals surface area contributed by atoms with E-state index >= 15 is 0 Å². The Morgan fingerprint density at radius 1 is 0.969 bits per heavy atom. The monoisotopic (exact) mass is 431 g/mol. The fraction of sp³-hybridized carbons (Fsp3) is 0.154. The highest BCUT2D eigenvalue weighted by Crippen LogP contribution is 2.42. The van der Waals surface area contributed by atoms with Crippen LogP contribution in [0.2, 0.25) is 0 Å². The molecule has 4 rings (SSSR count). The molecule has 1 atom stereocenters. The zero-order chi connectivity index (χ0) is 23.0. The first kappa shape index (κ1) is 21.3. The van der Waals surface area contributed by atoms with Crippen LogP contribution in [0.5, 0.6) is 5.75 Å². The molecule has 3 aromatic carbocycles. The first-order valence-corrected chi connectivity index (χ1v) is 10.1. The van der Waals surface area contributed by atoms with E-state index in [4.69, 9.17) is 4.74 Å². The Bertz CT molecular complexity index is 1230. The van der Waals surface area contributed by atoms with Crippen LogP contribution in [0.15, 0.2) is 72.3 Å². The quantitative estimate of drug-likeness (QED) is 0.356. The second kappa shape index (κ2) is 8.30. The molecule has 32 heavy (non-hydrogen) atoms. The molecule has 0 aliphatic carbocycles. The summed E-state index contributed by atoms with van der Waals surface area (Å²) in [5.41, 5.74) is 3.12. The number of carbonyl (C=O) groups is 2. The third kappa shape index (κ3) is 3.64. The topological polar surface area (TPSA) is 66.8 Å². The van der Waals surface area contributed by atoms with Crippen LogP contribution in [0.3, 0.4) is 0 Å². The Labute approximate surface area is 185 Å². The van der Waals surface area contributed by atoms with Crippen LogP contribution in [0.1, 0.15) is 28.3 Å². The minimum atomic E-state index is -0.883. The second-order valence-corrected chi connectivity index (χ2v) is 7.74. The maximum atomic E-state index is 13.5. The largest absolute Gasteiger partial charge is 0.507 e. The van der Waals surface area contributed by atoms with Crippen LogP contribution in [-0.4, -0.2) is 23.9 Å². The first-order valence-electron chi connectivity index (χ1n) is 10.1. The van der Waals surface area contributed by atoms with Gasteiger partial charge >= 0.3 is 0 Å². The number of hydrogen-bond acceptors (Lipinski definition) is 4. The number of ether oxygens (including phenoxy) is 1. The molecule has 1 amide bonds. The van der Waals surface area contributed by atoms with Gasteiger partial charge in [0.1, 0.15) is 17.3 Å². The van der Waals surface area contributed by atoms with Crippen molar-refractivity contribution in [1.29, 1.82) is 0 Å². The highest BCUT2D eigenvalue weighted by Gasteiger charge is 2.47. The Balaban J connectivity index is 1.96. The molecular weight excluding hydrogens is 409 g/mol. The molecule has 0 spiro atoms. The van der Waals surface area contributed by atoms with Gasteiger partial charge in [-0.05, 0) is 67.4 Å². The van der Waals surface area contributed by atoms with Crippen molar-refractivity contribution in [3.63, 3.8) is 0 Å². The molecule has 0 bridgehead atoms. The average Bonchev–Trinajstić information content (AvgIpc) is 3.06. The van der Waals surface area contributed by atoms with Gasteiger partial charge in [-0.15, -0.1) is 0 Å². The number of rotatable bonds is 4. The normalized spacial score (nSPS) is 17.6. The number of carbonyl (C=O) groups excluding carboxylic acids is 2. The van der Waals surface area contributed by atoms with Crippen molar-refractivity contribution < 1.29 is 23.8 Å². The smallest absolute Gasteiger partial charge is 0.300 e. The van der Waals surface area contributed by atoms with Crippen molar-refractivity contribution in [2.45, 2.75) is 19.9 Å². The number of amides is 1. The zero-order valence-corrected chi connectivity index (χ0v) is 17.9. The molecule has 3 aromatic rings. The van der Waals surface area contributed by atoms with Crippen LogP contribution < -0.4 is 9.64 Å². The molecule has 162 valence electrons. The lowest BCUT2D eigenvalue weighted by Crippen LogP contribution is -2.29. The lowest BCUT2D eigenvalue weighted by Gasteiger charge is -2.25. The van der Waals surface area contributed by atoms with Gasteiger partial charge in [-0.2, -0.15) is 0 Å². The van der Waals surface area contributed by atoms with Gasteiger partial charge in [0, 0.05) is 11.3 Å². The molecule has 1 unspecified atom stereocenters. The summed E-state index contributed by atoms with van der Waals surface area (Å²) in [5.74, 6) is -1.67. The van der Waals surface area contributed by atoms with E-state index in [1.165, 1.54) is 29.2 Å². The van der Waals surface area contributed by atoms with Crippen molar-refractivity contribution in [3.05, 3.63) is 100 Å². The van der Waals surface area contributed by atoms with E-state index < -0.39 is 23.5 Å². The number of aliphatic hydroxyl groups excluding tert-OH is 1. The van der Waals surface area contributed by atoms with Crippen molar-refractivity contribution in [1.82, 2.24) is 0 Å². The van der Waals surface area contributed by atoms with Gasteiger partial charge in [-0.25, -0.2) is 4.39 Å². The molecule has 0 saturated carbocycles. The zero-order valence-electron chi connectivity index (χ0n) is 17.9. The fourth-order valence-electron chi connectivity index (χ4n) is 3.94. The predicted molar refractivity (Wildman–Crippen MR) is 120 cm³/mol. The Kier molecular flexibility index (Phi) is 5.53. The summed E-state index contributed by atoms with van der Waals surface area (Å²) >= 11 is 0. The molecule has 1 aliphatic heterocycles. The van der Waals surface area contributed by atoms with E-state index in [1.807, 2.05) is 26.0 Å². The number of methoxy groups -OCH3 is 1. The molecule has 0 aromatic heterocycles. The fourth-order valence-corrected chi connectivity index (χ4v) is 3.94. The second-order valence-electron chi connectivity index (χ2n) is 7.74. The van der Waals surface area contributed by atoms with Crippen LogP contribution in [-0.2, 0) is 9.59 Å². The first-order chi connectivity index (χ1) is 15.3. The van der Waals surface area contributed by atoms with E-state index in [0.717, 1.165) is 11.1 Å². The van der Waals surface area contributed by atoms with Crippen molar-refractivity contribution in [2.24, 2.45) is 0 Å². The Morgan fingerprint density at radius 3 is 2.25 bits per heavy atom. The summed E-state index contributed by atoms with van der Waals surface area (Å²) in [6, 6.07) is 16.9. The Morgan fingerprint density at radius 2 is 1.62 bits per heavy atom. The van der Waals surface area contributed by atoms with Gasteiger partial charge in [-0.1, -0.05) is 29.8 Å². The average molecular weight is 431 g/mol.